The predicted molar refractivity (Wildman–Crippen MR) is 123 cm³/mol. The number of hydrogen-bond acceptors (Lipinski definition) is 5. The van der Waals surface area contributed by atoms with E-state index in [4.69, 9.17) is 14.1 Å². The van der Waals surface area contributed by atoms with Gasteiger partial charge in [-0.3, -0.25) is 4.79 Å². The molecule has 3 aromatic rings. The van der Waals surface area contributed by atoms with Gasteiger partial charge in [0.05, 0.1) is 11.0 Å². The van der Waals surface area contributed by atoms with Gasteiger partial charge in [0, 0.05) is 5.41 Å². The second-order valence-corrected chi connectivity index (χ2v) is 9.24. The van der Waals surface area contributed by atoms with Crippen LogP contribution >= 0.6 is 0 Å². The molecule has 170 valence electrons. The SMILES string of the molecule is CCC(CC)(c1ccc(OCC(=O)C(C)(C)C)c(C)c1)c1nc2ccc(C(=O)O)cc2o1. The van der Waals surface area contributed by atoms with Crippen molar-refractivity contribution in [1.29, 1.82) is 0 Å². The highest BCUT2D eigenvalue weighted by molar-refractivity contribution is 5.91. The normalized spacial score (nSPS) is 12.2. The van der Waals surface area contributed by atoms with Crippen molar-refractivity contribution < 1.29 is 23.8 Å². The summed E-state index contributed by atoms with van der Waals surface area (Å²) < 4.78 is 11.9. The van der Waals surface area contributed by atoms with Gasteiger partial charge in [-0.1, -0.05) is 46.8 Å². The third kappa shape index (κ3) is 4.40. The number of oxazole rings is 1. The monoisotopic (exact) mass is 437 g/mol. The molecule has 1 aromatic heterocycles. The molecule has 0 bridgehead atoms. The van der Waals surface area contributed by atoms with Crippen LogP contribution in [0.3, 0.4) is 0 Å². The second kappa shape index (κ2) is 8.77. The predicted octanol–water partition coefficient (Wildman–Crippen LogP) is 5.93. The molecule has 0 unspecified atom stereocenters. The zero-order chi connectivity index (χ0) is 23.7. The van der Waals surface area contributed by atoms with Crippen molar-refractivity contribution in [3.63, 3.8) is 0 Å². The number of carbonyl (C=O) groups is 2. The third-order valence-corrected chi connectivity index (χ3v) is 6.17. The van der Waals surface area contributed by atoms with E-state index in [1.165, 1.54) is 12.1 Å². The Balaban J connectivity index is 1.97. The van der Waals surface area contributed by atoms with Gasteiger partial charge in [0.2, 0.25) is 5.89 Å². The van der Waals surface area contributed by atoms with Crippen LogP contribution < -0.4 is 4.74 Å². The molecule has 0 amide bonds. The fraction of sp³-hybridized carbons (Fsp3) is 0.423. The molecule has 2 aromatic carbocycles. The molecule has 0 spiro atoms. The number of rotatable bonds is 8. The molecule has 0 fully saturated rings. The van der Waals surface area contributed by atoms with Crippen molar-refractivity contribution >= 4 is 22.9 Å². The Bertz CT molecular complexity index is 1150. The van der Waals surface area contributed by atoms with Crippen molar-refractivity contribution in [1.82, 2.24) is 4.98 Å². The van der Waals surface area contributed by atoms with Gasteiger partial charge in [0.15, 0.2) is 11.4 Å². The Kier molecular flexibility index (Phi) is 6.44. The molecule has 3 rings (SSSR count). The number of carboxylic acids is 1. The number of fused-ring (bicyclic) bond motifs is 1. The fourth-order valence-corrected chi connectivity index (χ4v) is 3.82. The Labute approximate surface area is 188 Å². The summed E-state index contributed by atoms with van der Waals surface area (Å²) in [6, 6.07) is 10.7. The van der Waals surface area contributed by atoms with E-state index in [1.54, 1.807) is 6.07 Å². The number of aromatic nitrogens is 1. The van der Waals surface area contributed by atoms with Crippen LogP contribution in [0.15, 0.2) is 40.8 Å². The topological polar surface area (TPSA) is 89.6 Å². The maximum atomic E-state index is 12.2. The van der Waals surface area contributed by atoms with Gasteiger partial charge in [0.1, 0.15) is 17.9 Å². The van der Waals surface area contributed by atoms with Gasteiger partial charge in [0.25, 0.3) is 0 Å². The number of ether oxygens (including phenoxy) is 1. The van der Waals surface area contributed by atoms with Crippen LogP contribution in [0.2, 0.25) is 0 Å². The summed E-state index contributed by atoms with van der Waals surface area (Å²) in [4.78, 5) is 28.2. The van der Waals surface area contributed by atoms with Gasteiger partial charge in [-0.2, -0.15) is 0 Å². The minimum absolute atomic E-state index is 0.0351. The van der Waals surface area contributed by atoms with E-state index in [-0.39, 0.29) is 18.0 Å². The zero-order valence-corrected chi connectivity index (χ0v) is 19.6. The summed E-state index contributed by atoms with van der Waals surface area (Å²) in [6.07, 6.45) is 1.51. The first-order valence-corrected chi connectivity index (χ1v) is 10.9. The first kappa shape index (κ1) is 23.5. The number of carbonyl (C=O) groups excluding carboxylic acids is 1. The van der Waals surface area contributed by atoms with Crippen molar-refractivity contribution in [3.8, 4) is 5.75 Å². The van der Waals surface area contributed by atoms with Gasteiger partial charge in [-0.05, 0) is 55.2 Å². The minimum atomic E-state index is -1.00. The Morgan fingerprint density at radius 1 is 1.06 bits per heavy atom. The third-order valence-electron chi connectivity index (χ3n) is 6.17. The molecule has 0 atom stereocenters. The molecule has 0 saturated heterocycles. The van der Waals surface area contributed by atoms with E-state index in [0.717, 1.165) is 24.0 Å². The van der Waals surface area contributed by atoms with Crippen molar-refractivity contribution in [2.75, 3.05) is 6.61 Å². The Morgan fingerprint density at radius 3 is 2.31 bits per heavy atom. The molecular formula is C26H31NO5. The van der Waals surface area contributed by atoms with Crippen LogP contribution in [-0.2, 0) is 10.2 Å². The lowest BCUT2D eigenvalue weighted by Crippen LogP contribution is -2.27. The summed E-state index contributed by atoms with van der Waals surface area (Å²) in [6.45, 7) is 11.8. The molecule has 0 aliphatic carbocycles. The fourth-order valence-electron chi connectivity index (χ4n) is 3.82. The van der Waals surface area contributed by atoms with Gasteiger partial charge < -0.3 is 14.3 Å². The molecular weight excluding hydrogens is 406 g/mol. The van der Waals surface area contributed by atoms with Gasteiger partial charge >= 0.3 is 5.97 Å². The summed E-state index contributed by atoms with van der Waals surface area (Å²) in [5.41, 5.74) is 2.32. The van der Waals surface area contributed by atoms with Crippen LogP contribution in [0, 0.1) is 12.3 Å². The molecule has 0 aliphatic heterocycles. The molecule has 0 saturated carbocycles. The molecule has 1 N–H and O–H groups in total. The van der Waals surface area contributed by atoms with Crippen LogP contribution in [0.4, 0.5) is 0 Å². The van der Waals surface area contributed by atoms with E-state index < -0.39 is 16.8 Å². The quantitative estimate of drug-likeness (QED) is 0.469. The maximum Gasteiger partial charge on any atom is 0.335 e. The Hall–Kier alpha value is -3.15. The molecule has 6 nitrogen and oxygen atoms in total. The maximum absolute atomic E-state index is 12.2. The van der Waals surface area contributed by atoms with Gasteiger partial charge in [-0.15, -0.1) is 0 Å². The minimum Gasteiger partial charge on any atom is -0.486 e. The van der Waals surface area contributed by atoms with Crippen LogP contribution in [0.1, 0.15) is 74.8 Å². The van der Waals surface area contributed by atoms with Crippen molar-refractivity contribution in [3.05, 3.63) is 59.0 Å². The number of aromatic carboxylic acids is 1. The number of Topliss-reactive ketones (excluding diaryl/α,β-unsaturated/α-hetero) is 1. The van der Waals surface area contributed by atoms with Gasteiger partial charge in [-0.25, -0.2) is 9.78 Å². The van der Waals surface area contributed by atoms with Crippen LogP contribution in [0.25, 0.3) is 11.1 Å². The molecule has 6 heteroatoms. The second-order valence-electron chi connectivity index (χ2n) is 9.24. The molecule has 0 radical (unpaired) electrons. The lowest BCUT2D eigenvalue weighted by Gasteiger charge is -2.29. The lowest BCUT2D eigenvalue weighted by molar-refractivity contribution is -0.128. The average Bonchev–Trinajstić information content (AvgIpc) is 3.17. The molecule has 0 aliphatic rings. The number of hydrogen-bond donors (Lipinski definition) is 1. The van der Waals surface area contributed by atoms with E-state index in [0.29, 0.717) is 22.7 Å². The average molecular weight is 438 g/mol. The number of nitrogens with zero attached hydrogens (tertiary/aromatic N) is 1. The first-order chi connectivity index (χ1) is 15.0. The molecule has 1 heterocycles. The van der Waals surface area contributed by atoms with Crippen molar-refractivity contribution in [2.24, 2.45) is 5.41 Å². The number of aryl methyl sites for hydroxylation is 1. The van der Waals surface area contributed by atoms with Crippen molar-refractivity contribution in [2.45, 2.75) is 59.8 Å². The van der Waals surface area contributed by atoms with Crippen LogP contribution in [-0.4, -0.2) is 28.4 Å². The highest BCUT2D eigenvalue weighted by Gasteiger charge is 2.36. The largest absolute Gasteiger partial charge is 0.486 e. The summed E-state index contributed by atoms with van der Waals surface area (Å²) >= 11 is 0. The van der Waals surface area contributed by atoms with E-state index in [1.807, 2.05) is 39.8 Å². The standard InChI is InChI=1S/C26H31NO5/c1-7-26(8-2,24-27-19-11-9-17(23(29)30)14-21(19)32-24)18-10-12-20(16(3)13-18)31-15-22(28)25(4,5)6/h9-14H,7-8,15H2,1-6H3,(H,29,30). The summed E-state index contributed by atoms with van der Waals surface area (Å²) in [7, 11) is 0. The highest BCUT2D eigenvalue weighted by Crippen LogP contribution is 2.41. The van der Waals surface area contributed by atoms with E-state index in [9.17, 15) is 14.7 Å². The van der Waals surface area contributed by atoms with E-state index in [2.05, 4.69) is 19.9 Å². The first-order valence-electron chi connectivity index (χ1n) is 10.9. The molecule has 32 heavy (non-hydrogen) atoms. The van der Waals surface area contributed by atoms with E-state index >= 15 is 0 Å². The number of carboxylic acid groups (broad SMARTS) is 1. The smallest absolute Gasteiger partial charge is 0.335 e. The van der Waals surface area contributed by atoms with Crippen LogP contribution in [0.5, 0.6) is 5.75 Å². The highest BCUT2D eigenvalue weighted by atomic mass is 16.5. The lowest BCUT2D eigenvalue weighted by atomic mass is 9.75. The number of ketones is 1. The summed E-state index contributed by atoms with van der Waals surface area (Å²) in [5.74, 6) is 0.287. The zero-order valence-electron chi connectivity index (χ0n) is 19.6. The Morgan fingerprint density at radius 2 is 1.75 bits per heavy atom. The summed E-state index contributed by atoms with van der Waals surface area (Å²) in [5, 5.41) is 9.27. The number of benzene rings is 2.